The number of para-hydroxylation sites is 1. The lowest BCUT2D eigenvalue weighted by Crippen LogP contribution is -2.09. The third kappa shape index (κ3) is 5.07. The zero-order valence-electron chi connectivity index (χ0n) is 12.8. The molecular weight excluding hydrogens is 332 g/mol. The van der Waals surface area contributed by atoms with E-state index in [-0.39, 0.29) is 0 Å². The van der Waals surface area contributed by atoms with Crippen molar-refractivity contribution in [2.75, 3.05) is 12.3 Å². The van der Waals surface area contributed by atoms with E-state index in [4.69, 9.17) is 25.5 Å². The van der Waals surface area contributed by atoms with E-state index < -0.39 is 11.9 Å². The molecule has 0 aliphatic heterocycles. The number of rotatable bonds is 5. The number of hydrogen-bond acceptors (Lipinski definition) is 6. The average Bonchev–Trinajstić information content (AvgIpc) is 3.34. The molecule has 3 rings (SSSR count). The summed E-state index contributed by atoms with van der Waals surface area (Å²) in [6.45, 7) is 0.656. The molecule has 1 aromatic heterocycles. The molecule has 24 heavy (non-hydrogen) atoms. The number of carboxylic acids is 2. The standard InChI is InChI=1S/C13H16N4S.C2H2O4/c14-8-9-18-13-15-12(10-6-7-10)17(16-13)11-4-2-1-3-5-11;3-1(4)2(5)6/h1-5,10H,6-9,14H2;(H,3,4)(H,5,6). The second-order valence-corrected chi connectivity index (χ2v) is 6.08. The highest BCUT2D eigenvalue weighted by Gasteiger charge is 2.30. The Morgan fingerprint density at radius 2 is 1.83 bits per heavy atom. The summed E-state index contributed by atoms with van der Waals surface area (Å²) >= 11 is 1.63. The summed E-state index contributed by atoms with van der Waals surface area (Å²) in [6, 6.07) is 10.2. The fraction of sp³-hybridized carbons (Fsp3) is 0.333. The SMILES string of the molecule is NCCSc1nc(C2CC2)n(-c2ccccc2)n1.O=C(O)C(=O)O. The first-order valence-corrected chi connectivity index (χ1v) is 8.33. The zero-order valence-corrected chi connectivity index (χ0v) is 13.6. The minimum atomic E-state index is -1.82. The van der Waals surface area contributed by atoms with E-state index in [2.05, 4.69) is 22.2 Å². The van der Waals surface area contributed by atoms with Gasteiger partial charge in [-0.3, -0.25) is 0 Å². The maximum atomic E-state index is 9.10. The highest BCUT2D eigenvalue weighted by molar-refractivity contribution is 7.99. The van der Waals surface area contributed by atoms with Gasteiger partial charge in [-0.1, -0.05) is 30.0 Å². The van der Waals surface area contributed by atoms with Crippen LogP contribution in [0.3, 0.4) is 0 Å². The number of nitrogens with two attached hydrogens (primary N) is 1. The van der Waals surface area contributed by atoms with Crippen molar-refractivity contribution >= 4 is 23.7 Å². The monoisotopic (exact) mass is 350 g/mol. The second-order valence-electron chi connectivity index (χ2n) is 5.02. The van der Waals surface area contributed by atoms with Crippen molar-refractivity contribution in [3.8, 4) is 5.69 Å². The van der Waals surface area contributed by atoms with Gasteiger partial charge in [-0.15, -0.1) is 5.10 Å². The van der Waals surface area contributed by atoms with Gasteiger partial charge in [0.15, 0.2) is 0 Å². The number of hydrogen-bond donors (Lipinski definition) is 3. The van der Waals surface area contributed by atoms with Gasteiger partial charge in [0, 0.05) is 18.2 Å². The van der Waals surface area contributed by atoms with Crippen molar-refractivity contribution < 1.29 is 19.8 Å². The van der Waals surface area contributed by atoms with Crippen LogP contribution in [0.5, 0.6) is 0 Å². The highest BCUT2D eigenvalue weighted by atomic mass is 32.2. The highest BCUT2D eigenvalue weighted by Crippen LogP contribution is 2.40. The predicted molar refractivity (Wildman–Crippen MR) is 88.4 cm³/mol. The second kappa shape index (κ2) is 8.46. The summed E-state index contributed by atoms with van der Waals surface area (Å²) in [5, 5.41) is 20.2. The number of thioether (sulfide) groups is 1. The summed E-state index contributed by atoms with van der Waals surface area (Å²) in [5.41, 5.74) is 6.61. The zero-order chi connectivity index (χ0) is 17.5. The average molecular weight is 350 g/mol. The Hall–Kier alpha value is -2.39. The predicted octanol–water partition coefficient (Wildman–Crippen LogP) is 1.35. The summed E-state index contributed by atoms with van der Waals surface area (Å²) in [4.78, 5) is 22.8. The van der Waals surface area contributed by atoms with Crippen LogP contribution in [0.15, 0.2) is 35.5 Å². The van der Waals surface area contributed by atoms with E-state index >= 15 is 0 Å². The molecule has 4 N–H and O–H groups in total. The maximum Gasteiger partial charge on any atom is 0.414 e. The Bertz CT molecular complexity index is 689. The van der Waals surface area contributed by atoms with Gasteiger partial charge in [-0.05, 0) is 25.0 Å². The summed E-state index contributed by atoms with van der Waals surface area (Å²) in [5.74, 6) is -1.10. The van der Waals surface area contributed by atoms with Gasteiger partial charge >= 0.3 is 11.9 Å². The van der Waals surface area contributed by atoms with E-state index in [0.29, 0.717) is 12.5 Å². The van der Waals surface area contributed by atoms with Crippen LogP contribution in [-0.4, -0.2) is 49.2 Å². The molecule has 8 nitrogen and oxygen atoms in total. The van der Waals surface area contributed by atoms with Gasteiger partial charge in [0.1, 0.15) is 5.82 Å². The van der Waals surface area contributed by atoms with Crippen LogP contribution in [0.4, 0.5) is 0 Å². The molecule has 0 amide bonds. The molecule has 1 saturated carbocycles. The van der Waals surface area contributed by atoms with Crippen molar-refractivity contribution in [1.82, 2.24) is 14.8 Å². The topological polar surface area (TPSA) is 131 Å². The summed E-state index contributed by atoms with van der Waals surface area (Å²) in [6.07, 6.45) is 2.46. The Kier molecular flexibility index (Phi) is 6.33. The molecular formula is C15H18N4O4S. The molecule has 9 heteroatoms. The lowest BCUT2D eigenvalue weighted by Gasteiger charge is -2.03. The molecule has 0 saturated heterocycles. The summed E-state index contributed by atoms with van der Waals surface area (Å²) < 4.78 is 1.98. The first-order valence-electron chi connectivity index (χ1n) is 7.34. The maximum absolute atomic E-state index is 9.10. The molecule has 0 radical (unpaired) electrons. The Morgan fingerprint density at radius 3 is 2.33 bits per heavy atom. The number of carbonyl (C=O) groups is 2. The number of aliphatic carboxylic acids is 2. The van der Waals surface area contributed by atoms with Crippen molar-refractivity contribution in [2.24, 2.45) is 5.73 Å². The van der Waals surface area contributed by atoms with Crippen molar-refractivity contribution in [3.63, 3.8) is 0 Å². The van der Waals surface area contributed by atoms with Crippen molar-refractivity contribution in [1.29, 1.82) is 0 Å². The van der Waals surface area contributed by atoms with Crippen LogP contribution in [0.1, 0.15) is 24.6 Å². The number of aromatic nitrogens is 3. The van der Waals surface area contributed by atoms with Gasteiger partial charge in [0.2, 0.25) is 5.16 Å². The Balaban J connectivity index is 0.000000301. The van der Waals surface area contributed by atoms with E-state index in [1.807, 2.05) is 22.9 Å². The van der Waals surface area contributed by atoms with Crippen LogP contribution in [0, 0.1) is 0 Å². The molecule has 1 aliphatic carbocycles. The molecule has 1 aliphatic rings. The largest absolute Gasteiger partial charge is 0.473 e. The Morgan fingerprint density at radius 1 is 1.21 bits per heavy atom. The molecule has 1 heterocycles. The lowest BCUT2D eigenvalue weighted by atomic mass is 10.3. The van der Waals surface area contributed by atoms with Crippen molar-refractivity contribution in [3.05, 3.63) is 36.2 Å². The number of benzene rings is 1. The van der Waals surface area contributed by atoms with Gasteiger partial charge < -0.3 is 15.9 Å². The summed E-state index contributed by atoms with van der Waals surface area (Å²) in [7, 11) is 0. The van der Waals surface area contributed by atoms with E-state index in [9.17, 15) is 0 Å². The first-order chi connectivity index (χ1) is 11.5. The fourth-order valence-electron chi connectivity index (χ4n) is 1.88. The molecule has 0 spiro atoms. The molecule has 0 unspecified atom stereocenters. The number of nitrogens with zero attached hydrogens (tertiary/aromatic N) is 3. The van der Waals surface area contributed by atoms with E-state index in [1.165, 1.54) is 12.8 Å². The third-order valence-electron chi connectivity index (χ3n) is 3.09. The van der Waals surface area contributed by atoms with Gasteiger partial charge in [-0.2, -0.15) is 0 Å². The van der Waals surface area contributed by atoms with E-state index in [1.54, 1.807) is 11.8 Å². The van der Waals surface area contributed by atoms with Crippen LogP contribution in [0.25, 0.3) is 5.69 Å². The van der Waals surface area contributed by atoms with Gasteiger partial charge in [-0.25, -0.2) is 19.3 Å². The minimum absolute atomic E-state index is 0.588. The fourth-order valence-corrected chi connectivity index (χ4v) is 2.48. The van der Waals surface area contributed by atoms with Gasteiger partial charge in [0.05, 0.1) is 5.69 Å². The van der Waals surface area contributed by atoms with Crippen molar-refractivity contribution in [2.45, 2.75) is 23.9 Å². The molecule has 128 valence electrons. The van der Waals surface area contributed by atoms with Crippen LogP contribution in [0.2, 0.25) is 0 Å². The van der Waals surface area contributed by atoms with E-state index in [0.717, 1.165) is 22.4 Å². The normalized spacial score (nSPS) is 13.0. The molecule has 0 atom stereocenters. The van der Waals surface area contributed by atoms with Crippen LogP contribution in [-0.2, 0) is 9.59 Å². The molecule has 0 bridgehead atoms. The lowest BCUT2D eigenvalue weighted by molar-refractivity contribution is -0.159. The minimum Gasteiger partial charge on any atom is -0.473 e. The third-order valence-corrected chi connectivity index (χ3v) is 3.96. The molecule has 2 aromatic rings. The van der Waals surface area contributed by atoms with Crippen LogP contribution >= 0.6 is 11.8 Å². The van der Waals surface area contributed by atoms with Gasteiger partial charge in [0.25, 0.3) is 0 Å². The quantitative estimate of drug-likeness (QED) is 0.544. The Labute approximate surface area is 142 Å². The molecule has 1 aromatic carbocycles. The molecule has 1 fully saturated rings. The number of carboxylic acid groups (broad SMARTS) is 2. The smallest absolute Gasteiger partial charge is 0.414 e. The van der Waals surface area contributed by atoms with Crippen LogP contribution < -0.4 is 5.73 Å². The first kappa shape index (κ1) is 18.0.